The second-order valence-corrected chi connectivity index (χ2v) is 5.32. The van der Waals surface area contributed by atoms with Crippen LogP contribution in [0.15, 0.2) is 24.3 Å². The summed E-state index contributed by atoms with van der Waals surface area (Å²) in [4.78, 5) is 0. The number of benzene rings is 1. The first-order valence-corrected chi connectivity index (χ1v) is 6.32. The first kappa shape index (κ1) is 13.9. The Morgan fingerprint density at radius 1 is 1.24 bits per heavy atom. The molecule has 0 radical (unpaired) electrons. The van der Waals surface area contributed by atoms with E-state index < -0.39 is 0 Å². The molecule has 1 N–H and O–H groups in total. The van der Waals surface area contributed by atoms with Gasteiger partial charge in [-0.25, -0.2) is 0 Å². The monoisotopic (exact) mass is 250 g/mol. The molecule has 3 heteroatoms. The minimum atomic E-state index is -0.194. The highest BCUT2D eigenvalue weighted by atomic mass is 35.5. The average molecular weight is 251 g/mol. The lowest BCUT2D eigenvalue weighted by Crippen LogP contribution is -2.09. The minimum Gasteiger partial charge on any atom is -0.385 e. The maximum absolute atomic E-state index is 8.88. The maximum Gasteiger partial charge on any atom is 0.0683 e. The van der Waals surface area contributed by atoms with Gasteiger partial charge in [-0.1, -0.05) is 18.0 Å². The zero-order valence-corrected chi connectivity index (χ0v) is 11.2. The molecule has 0 unspecified atom stereocenters. The first-order valence-electron chi connectivity index (χ1n) is 5.94. The van der Waals surface area contributed by atoms with Crippen LogP contribution in [0.5, 0.6) is 0 Å². The fraction of sp³-hybridized carbons (Fsp3) is 0.500. The van der Waals surface area contributed by atoms with Crippen LogP contribution >= 0.6 is 11.6 Å². The van der Waals surface area contributed by atoms with Gasteiger partial charge in [0, 0.05) is 17.3 Å². The van der Waals surface area contributed by atoms with Crippen LogP contribution < -0.4 is 5.32 Å². The number of nitrogens with one attached hydrogen (secondary N) is 1. The van der Waals surface area contributed by atoms with Crippen LogP contribution in [0.3, 0.4) is 0 Å². The molecule has 0 aromatic heterocycles. The smallest absolute Gasteiger partial charge is 0.0683 e. The van der Waals surface area contributed by atoms with E-state index in [4.69, 9.17) is 16.9 Å². The Balaban J connectivity index is 2.17. The van der Waals surface area contributed by atoms with E-state index in [9.17, 15) is 0 Å². The summed E-state index contributed by atoms with van der Waals surface area (Å²) in [6, 6.07) is 10.0. The third kappa shape index (κ3) is 5.60. The zero-order valence-electron chi connectivity index (χ0n) is 10.5. The summed E-state index contributed by atoms with van der Waals surface area (Å²) in [6.07, 6.45) is 3.10. The minimum absolute atomic E-state index is 0.194. The molecule has 1 rings (SSSR count). The Morgan fingerprint density at radius 3 is 2.47 bits per heavy atom. The SMILES string of the molecule is CC(C)(C#N)CCCCNc1ccc(Cl)cc1. The summed E-state index contributed by atoms with van der Waals surface area (Å²) in [7, 11) is 0. The lowest BCUT2D eigenvalue weighted by Gasteiger charge is -2.14. The van der Waals surface area contributed by atoms with Gasteiger partial charge in [-0.2, -0.15) is 5.26 Å². The number of anilines is 1. The molecule has 0 aliphatic heterocycles. The molecule has 0 atom stereocenters. The number of rotatable bonds is 6. The molecule has 0 spiro atoms. The summed E-state index contributed by atoms with van der Waals surface area (Å²) in [5.41, 5.74) is 0.897. The Bertz CT molecular complexity index is 376. The molecular formula is C14H19ClN2. The molecule has 0 saturated heterocycles. The van der Waals surface area contributed by atoms with E-state index in [1.165, 1.54) is 0 Å². The molecule has 0 bridgehead atoms. The Morgan fingerprint density at radius 2 is 1.88 bits per heavy atom. The van der Waals surface area contributed by atoms with Gasteiger partial charge in [-0.05, 0) is 51.0 Å². The number of halogens is 1. The standard InChI is InChI=1S/C14H19ClN2/c1-14(2,11-16)9-3-4-10-17-13-7-5-12(15)6-8-13/h5-8,17H,3-4,9-10H2,1-2H3. The quantitative estimate of drug-likeness (QED) is 0.756. The predicted octanol–water partition coefficient (Wildman–Crippen LogP) is 4.47. The van der Waals surface area contributed by atoms with Gasteiger partial charge in [0.2, 0.25) is 0 Å². The summed E-state index contributed by atoms with van der Waals surface area (Å²) < 4.78 is 0. The lowest BCUT2D eigenvalue weighted by atomic mass is 9.89. The summed E-state index contributed by atoms with van der Waals surface area (Å²) in [6.45, 7) is 4.91. The summed E-state index contributed by atoms with van der Waals surface area (Å²) in [5, 5.41) is 13.0. The van der Waals surface area contributed by atoms with Crippen molar-refractivity contribution in [1.82, 2.24) is 0 Å². The third-order valence-corrected chi connectivity index (χ3v) is 2.96. The Hall–Kier alpha value is -1.20. The van der Waals surface area contributed by atoms with Crippen LogP contribution in [0, 0.1) is 16.7 Å². The first-order chi connectivity index (χ1) is 8.03. The van der Waals surface area contributed by atoms with E-state index in [0.717, 1.165) is 36.5 Å². The molecular weight excluding hydrogens is 232 g/mol. The van der Waals surface area contributed by atoms with Crippen molar-refractivity contribution in [2.75, 3.05) is 11.9 Å². The molecule has 17 heavy (non-hydrogen) atoms. The van der Waals surface area contributed by atoms with Gasteiger partial charge in [-0.15, -0.1) is 0 Å². The molecule has 1 aromatic rings. The lowest BCUT2D eigenvalue weighted by molar-refractivity contribution is 0.430. The normalized spacial score (nSPS) is 10.9. The highest BCUT2D eigenvalue weighted by Gasteiger charge is 2.15. The van der Waals surface area contributed by atoms with Crippen molar-refractivity contribution < 1.29 is 0 Å². The molecule has 0 aliphatic carbocycles. The van der Waals surface area contributed by atoms with E-state index in [0.29, 0.717) is 0 Å². The summed E-state index contributed by atoms with van der Waals surface area (Å²) >= 11 is 5.80. The van der Waals surface area contributed by atoms with Crippen LogP contribution in [0.2, 0.25) is 5.02 Å². The van der Waals surface area contributed by atoms with Crippen LogP contribution in [-0.4, -0.2) is 6.54 Å². The zero-order chi connectivity index (χ0) is 12.7. The molecule has 1 aromatic carbocycles. The van der Waals surface area contributed by atoms with Gasteiger partial charge < -0.3 is 5.32 Å². The fourth-order valence-corrected chi connectivity index (χ4v) is 1.67. The van der Waals surface area contributed by atoms with Crippen LogP contribution in [0.1, 0.15) is 33.1 Å². The van der Waals surface area contributed by atoms with Gasteiger partial charge in [0.25, 0.3) is 0 Å². The Labute approximate surface area is 109 Å². The second kappa shape index (κ2) is 6.51. The average Bonchev–Trinajstić information content (AvgIpc) is 2.31. The van der Waals surface area contributed by atoms with Crippen LogP contribution in [0.4, 0.5) is 5.69 Å². The topological polar surface area (TPSA) is 35.8 Å². The van der Waals surface area contributed by atoms with Crippen molar-refractivity contribution in [2.45, 2.75) is 33.1 Å². The number of nitrogens with zero attached hydrogens (tertiary/aromatic N) is 1. The van der Waals surface area contributed by atoms with Crippen molar-refractivity contribution in [1.29, 1.82) is 5.26 Å². The molecule has 0 fully saturated rings. The maximum atomic E-state index is 8.88. The van der Waals surface area contributed by atoms with Gasteiger partial charge in [0.05, 0.1) is 11.5 Å². The van der Waals surface area contributed by atoms with E-state index in [-0.39, 0.29) is 5.41 Å². The molecule has 0 aliphatic rings. The molecule has 2 nitrogen and oxygen atoms in total. The van der Waals surface area contributed by atoms with Gasteiger partial charge in [-0.3, -0.25) is 0 Å². The number of unbranched alkanes of at least 4 members (excludes halogenated alkanes) is 1. The molecule has 92 valence electrons. The van der Waals surface area contributed by atoms with Crippen molar-refractivity contribution in [3.8, 4) is 6.07 Å². The predicted molar refractivity (Wildman–Crippen MR) is 73.2 cm³/mol. The highest BCUT2D eigenvalue weighted by molar-refractivity contribution is 6.30. The number of hydrogen-bond donors (Lipinski definition) is 1. The second-order valence-electron chi connectivity index (χ2n) is 4.89. The Kier molecular flexibility index (Phi) is 5.31. The van der Waals surface area contributed by atoms with E-state index in [2.05, 4.69) is 11.4 Å². The molecule has 0 amide bonds. The third-order valence-electron chi connectivity index (χ3n) is 2.70. The van der Waals surface area contributed by atoms with Crippen molar-refractivity contribution in [3.63, 3.8) is 0 Å². The van der Waals surface area contributed by atoms with E-state index in [1.54, 1.807) is 0 Å². The van der Waals surface area contributed by atoms with Gasteiger partial charge in [0.15, 0.2) is 0 Å². The number of hydrogen-bond acceptors (Lipinski definition) is 2. The molecule has 0 heterocycles. The highest BCUT2D eigenvalue weighted by Crippen LogP contribution is 2.21. The van der Waals surface area contributed by atoms with Crippen molar-refractivity contribution >= 4 is 17.3 Å². The van der Waals surface area contributed by atoms with E-state index >= 15 is 0 Å². The van der Waals surface area contributed by atoms with Crippen molar-refractivity contribution in [2.24, 2.45) is 5.41 Å². The van der Waals surface area contributed by atoms with Gasteiger partial charge in [0.1, 0.15) is 0 Å². The van der Waals surface area contributed by atoms with E-state index in [1.807, 2.05) is 38.1 Å². The molecule has 0 saturated carbocycles. The number of nitriles is 1. The fourth-order valence-electron chi connectivity index (χ4n) is 1.55. The van der Waals surface area contributed by atoms with Crippen LogP contribution in [0.25, 0.3) is 0 Å². The van der Waals surface area contributed by atoms with Crippen LogP contribution in [-0.2, 0) is 0 Å². The summed E-state index contributed by atoms with van der Waals surface area (Å²) in [5.74, 6) is 0. The van der Waals surface area contributed by atoms with Gasteiger partial charge >= 0.3 is 0 Å². The largest absolute Gasteiger partial charge is 0.385 e. The van der Waals surface area contributed by atoms with Crippen molar-refractivity contribution in [3.05, 3.63) is 29.3 Å².